The Balaban J connectivity index is 1.35. The van der Waals surface area contributed by atoms with Crippen molar-refractivity contribution in [1.29, 1.82) is 0 Å². The van der Waals surface area contributed by atoms with Crippen molar-refractivity contribution in [2.45, 2.75) is 6.10 Å². The van der Waals surface area contributed by atoms with Crippen LogP contribution in [0.1, 0.15) is 10.4 Å². The van der Waals surface area contributed by atoms with Crippen molar-refractivity contribution in [2.24, 2.45) is 0 Å². The van der Waals surface area contributed by atoms with Crippen molar-refractivity contribution in [3.8, 4) is 16.5 Å². The van der Waals surface area contributed by atoms with Gasteiger partial charge in [-0.1, -0.05) is 46.8 Å². The van der Waals surface area contributed by atoms with Crippen LogP contribution in [0.25, 0.3) is 22.2 Å². The Morgan fingerprint density at radius 2 is 2.04 bits per heavy atom. The molecule has 0 saturated carbocycles. The summed E-state index contributed by atoms with van der Waals surface area (Å²) in [5.41, 5.74) is 2.29. The van der Waals surface area contributed by atoms with E-state index in [9.17, 15) is 4.79 Å². The van der Waals surface area contributed by atoms with E-state index in [4.69, 9.17) is 9.26 Å². The average Bonchev–Trinajstić information content (AvgIpc) is 3.33. The van der Waals surface area contributed by atoms with Gasteiger partial charge in [-0.25, -0.2) is 4.98 Å². The molecule has 0 bridgehead atoms. The fraction of sp³-hybridized carbons (Fsp3) is 0.150. The molecule has 0 unspecified atom stereocenters. The van der Waals surface area contributed by atoms with Crippen molar-refractivity contribution in [3.63, 3.8) is 0 Å². The minimum absolute atomic E-state index is 0.000646. The third-order valence-electron chi connectivity index (χ3n) is 4.57. The van der Waals surface area contributed by atoms with Crippen LogP contribution in [-0.2, 0) is 0 Å². The molecule has 5 rings (SSSR count). The van der Waals surface area contributed by atoms with Gasteiger partial charge in [0.25, 0.3) is 11.1 Å². The van der Waals surface area contributed by atoms with Crippen molar-refractivity contribution >= 4 is 28.1 Å². The molecule has 0 N–H and O–H groups in total. The predicted octanol–water partition coefficient (Wildman–Crippen LogP) is 3.85. The summed E-state index contributed by atoms with van der Waals surface area (Å²) in [6.45, 7) is 1.12. The maximum absolute atomic E-state index is 12.8. The van der Waals surface area contributed by atoms with Gasteiger partial charge in [0, 0.05) is 22.7 Å². The molecule has 1 fully saturated rings. The van der Waals surface area contributed by atoms with Crippen LogP contribution >= 0.6 is 11.3 Å². The number of benzene rings is 2. The van der Waals surface area contributed by atoms with Crippen LogP contribution in [0, 0.1) is 0 Å². The number of likely N-dealkylation sites (tertiary alicyclic amines) is 1. The Morgan fingerprint density at radius 1 is 1.19 bits per heavy atom. The highest BCUT2D eigenvalue weighted by molar-refractivity contribution is 7.11. The van der Waals surface area contributed by atoms with Gasteiger partial charge in [0.15, 0.2) is 5.76 Å². The van der Waals surface area contributed by atoms with Gasteiger partial charge >= 0.3 is 0 Å². The summed E-state index contributed by atoms with van der Waals surface area (Å²) in [5.74, 6) is 0.657. The van der Waals surface area contributed by atoms with Crippen LogP contribution in [0.5, 0.6) is 5.19 Å². The third-order valence-corrected chi connectivity index (χ3v) is 5.23. The highest BCUT2D eigenvalue weighted by Gasteiger charge is 2.33. The summed E-state index contributed by atoms with van der Waals surface area (Å²) >= 11 is 1.45. The zero-order chi connectivity index (χ0) is 18.2. The van der Waals surface area contributed by atoms with E-state index in [-0.39, 0.29) is 12.0 Å². The normalized spacial score (nSPS) is 14.3. The average molecular weight is 377 g/mol. The number of amides is 1. The van der Waals surface area contributed by atoms with Crippen LogP contribution < -0.4 is 4.74 Å². The zero-order valence-electron chi connectivity index (χ0n) is 14.2. The molecule has 134 valence electrons. The number of nitrogens with zero attached hydrogens (tertiary/aromatic N) is 3. The summed E-state index contributed by atoms with van der Waals surface area (Å²) < 4.78 is 11.2. The van der Waals surface area contributed by atoms with Gasteiger partial charge in [-0.15, -0.1) is 0 Å². The standard InChI is InChI=1S/C20H15N3O3S/c24-19(23-11-15(12-23)25-20-21-8-9-27-20)14-6-7-17-16(10-14)18(26-22-17)13-4-2-1-3-5-13/h1-10,15H,11-12H2. The zero-order valence-corrected chi connectivity index (χ0v) is 15.1. The summed E-state index contributed by atoms with van der Waals surface area (Å²) in [7, 11) is 0. The summed E-state index contributed by atoms with van der Waals surface area (Å²) in [4.78, 5) is 18.7. The molecule has 27 heavy (non-hydrogen) atoms. The molecule has 6 nitrogen and oxygen atoms in total. The van der Waals surface area contributed by atoms with Gasteiger partial charge < -0.3 is 14.2 Å². The molecule has 0 atom stereocenters. The van der Waals surface area contributed by atoms with Crippen LogP contribution in [0.15, 0.2) is 64.6 Å². The lowest BCUT2D eigenvalue weighted by Gasteiger charge is -2.38. The maximum Gasteiger partial charge on any atom is 0.273 e. The summed E-state index contributed by atoms with van der Waals surface area (Å²) in [6, 6.07) is 15.2. The van der Waals surface area contributed by atoms with Gasteiger partial charge in [0.1, 0.15) is 11.6 Å². The van der Waals surface area contributed by atoms with E-state index < -0.39 is 0 Å². The molecule has 3 heterocycles. The highest BCUT2D eigenvalue weighted by Crippen LogP contribution is 2.30. The number of thiazole rings is 1. The summed E-state index contributed by atoms with van der Waals surface area (Å²) in [5, 5.41) is 7.45. The number of hydrogen-bond donors (Lipinski definition) is 0. The Hall–Kier alpha value is -3.19. The molecule has 1 aliphatic heterocycles. The van der Waals surface area contributed by atoms with E-state index in [2.05, 4.69) is 10.1 Å². The van der Waals surface area contributed by atoms with E-state index in [0.29, 0.717) is 29.6 Å². The van der Waals surface area contributed by atoms with Crippen LogP contribution in [0.2, 0.25) is 0 Å². The molecular formula is C20H15N3O3S. The van der Waals surface area contributed by atoms with Crippen LogP contribution in [0.4, 0.5) is 0 Å². The van der Waals surface area contributed by atoms with Crippen molar-refractivity contribution in [3.05, 3.63) is 65.7 Å². The number of hydrogen-bond acceptors (Lipinski definition) is 6. The maximum atomic E-state index is 12.8. The molecule has 4 aromatic rings. The molecule has 0 radical (unpaired) electrons. The van der Waals surface area contributed by atoms with E-state index in [1.165, 1.54) is 11.3 Å². The van der Waals surface area contributed by atoms with Gasteiger partial charge in [-0.2, -0.15) is 0 Å². The van der Waals surface area contributed by atoms with Gasteiger partial charge in [0.2, 0.25) is 0 Å². The number of carbonyl (C=O) groups excluding carboxylic acids is 1. The largest absolute Gasteiger partial charge is 0.463 e. The van der Waals surface area contributed by atoms with Crippen LogP contribution in [0.3, 0.4) is 0 Å². The monoisotopic (exact) mass is 377 g/mol. The quantitative estimate of drug-likeness (QED) is 0.540. The lowest BCUT2D eigenvalue weighted by Crippen LogP contribution is -2.56. The van der Waals surface area contributed by atoms with Crippen molar-refractivity contribution < 1.29 is 14.1 Å². The Bertz CT molecular complexity index is 1090. The van der Waals surface area contributed by atoms with E-state index in [0.717, 1.165) is 16.5 Å². The smallest absolute Gasteiger partial charge is 0.273 e. The minimum Gasteiger partial charge on any atom is -0.463 e. The highest BCUT2D eigenvalue weighted by atomic mass is 32.1. The van der Waals surface area contributed by atoms with Gasteiger partial charge in [0.05, 0.1) is 18.5 Å². The molecule has 1 aliphatic rings. The lowest BCUT2D eigenvalue weighted by atomic mass is 10.0. The molecule has 0 aliphatic carbocycles. The van der Waals surface area contributed by atoms with Gasteiger partial charge in [-0.05, 0) is 18.2 Å². The number of rotatable bonds is 4. The SMILES string of the molecule is O=C(c1ccc2noc(-c3ccccc3)c2c1)N1CC(Oc2nccs2)C1. The number of aromatic nitrogens is 2. The Kier molecular flexibility index (Phi) is 3.86. The van der Waals surface area contributed by atoms with Crippen molar-refractivity contribution in [1.82, 2.24) is 15.0 Å². The molecule has 1 saturated heterocycles. The van der Waals surface area contributed by atoms with Gasteiger partial charge in [-0.3, -0.25) is 4.79 Å². The van der Waals surface area contributed by atoms with Crippen LogP contribution in [-0.4, -0.2) is 40.1 Å². The second kappa shape index (κ2) is 6.51. The second-order valence-electron chi connectivity index (χ2n) is 6.36. The van der Waals surface area contributed by atoms with E-state index in [1.54, 1.807) is 17.2 Å². The first-order valence-electron chi connectivity index (χ1n) is 8.58. The minimum atomic E-state index is -0.0175. The molecule has 0 spiro atoms. The second-order valence-corrected chi connectivity index (χ2v) is 7.21. The fourth-order valence-electron chi connectivity index (χ4n) is 3.14. The summed E-state index contributed by atoms with van der Waals surface area (Å²) in [6.07, 6.45) is 1.71. The third kappa shape index (κ3) is 2.96. The molecule has 1 amide bonds. The van der Waals surface area contributed by atoms with E-state index in [1.807, 2.05) is 47.8 Å². The lowest BCUT2D eigenvalue weighted by molar-refractivity contribution is 0.0177. The van der Waals surface area contributed by atoms with E-state index >= 15 is 0 Å². The Labute approximate surface area is 159 Å². The first-order chi connectivity index (χ1) is 13.3. The Morgan fingerprint density at radius 3 is 2.81 bits per heavy atom. The molecule has 7 heteroatoms. The molecule has 2 aromatic heterocycles. The number of carbonyl (C=O) groups is 1. The first-order valence-corrected chi connectivity index (χ1v) is 9.46. The fourth-order valence-corrected chi connectivity index (χ4v) is 3.70. The predicted molar refractivity (Wildman–Crippen MR) is 102 cm³/mol. The topological polar surface area (TPSA) is 68.5 Å². The molecule has 2 aromatic carbocycles. The number of fused-ring (bicyclic) bond motifs is 1. The van der Waals surface area contributed by atoms with Crippen molar-refractivity contribution in [2.75, 3.05) is 13.1 Å². The molecular weight excluding hydrogens is 362 g/mol. The first kappa shape index (κ1) is 16.0. The number of ether oxygens (including phenoxy) is 1.